The molecule has 1 N–H and O–H groups in total. The van der Waals surface area contributed by atoms with Gasteiger partial charge in [-0.2, -0.15) is 0 Å². The van der Waals surface area contributed by atoms with Gasteiger partial charge >= 0.3 is 5.97 Å². The molecule has 1 aliphatic rings. The van der Waals surface area contributed by atoms with E-state index in [0.29, 0.717) is 17.2 Å². The number of nitrogens with one attached hydrogen (secondary N) is 1. The first-order valence-electron chi connectivity index (χ1n) is 9.77. The van der Waals surface area contributed by atoms with Crippen molar-refractivity contribution in [2.75, 3.05) is 20.0 Å². The number of amides is 1. The highest BCUT2D eigenvalue weighted by atomic mass is 16.7. The van der Waals surface area contributed by atoms with Gasteiger partial charge < -0.3 is 24.3 Å². The number of carbonyl (C=O) groups is 2. The SMILES string of the molecule is O=C(COC(=O)COc1ccccc1-c1ccccc1)NCc1ccc2c(c1)OCO2. The third kappa shape index (κ3) is 5.33. The smallest absolute Gasteiger partial charge is 0.344 e. The fourth-order valence-electron chi connectivity index (χ4n) is 3.08. The Labute approximate surface area is 179 Å². The van der Waals surface area contributed by atoms with E-state index in [9.17, 15) is 9.59 Å². The Bertz CT molecular complexity index is 1070. The Kier molecular flexibility index (Phi) is 6.32. The van der Waals surface area contributed by atoms with Crippen molar-refractivity contribution in [3.63, 3.8) is 0 Å². The molecular weight excluding hydrogens is 398 g/mol. The Balaban J connectivity index is 1.22. The first-order valence-corrected chi connectivity index (χ1v) is 9.77. The predicted molar refractivity (Wildman–Crippen MR) is 113 cm³/mol. The second-order valence-corrected chi connectivity index (χ2v) is 6.78. The second kappa shape index (κ2) is 9.67. The zero-order chi connectivity index (χ0) is 21.5. The molecule has 7 nitrogen and oxygen atoms in total. The molecule has 0 aromatic heterocycles. The van der Waals surface area contributed by atoms with E-state index in [0.717, 1.165) is 16.7 Å². The van der Waals surface area contributed by atoms with E-state index >= 15 is 0 Å². The maximum atomic E-state index is 12.0. The van der Waals surface area contributed by atoms with E-state index in [4.69, 9.17) is 18.9 Å². The quantitative estimate of drug-likeness (QED) is 0.564. The van der Waals surface area contributed by atoms with Crippen LogP contribution >= 0.6 is 0 Å². The average Bonchev–Trinajstić information content (AvgIpc) is 3.29. The average molecular weight is 419 g/mol. The Morgan fingerprint density at radius 2 is 1.65 bits per heavy atom. The van der Waals surface area contributed by atoms with Gasteiger partial charge in [-0.05, 0) is 29.3 Å². The van der Waals surface area contributed by atoms with Crippen LogP contribution in [0.15, 0.2) is 72.8 Å². The Morgan fingerprint density at radius 3 is 2.52 bits per heavy atom. The van der Waals surface area contributed by atoms with Crippen LogP contribution in [0.5, 0.6) is 17.2 Å². The van der Waals surface area contributed by atoms with Crippen molar-refractivity contribution in [3.8, 4) is 28.4 Å². The van der Waals surface area contributed by atoms with Crippen LogP contribution in [-0.2, 0) is 20.9 Å². The summed E-state index contributed by atoms with van der Waals surface area (Å²) in [6, 6.07) is 22.6. The molecule has 3 aromatic rings. The molecule has 0 aliphatic carbocycles. The van der Waals surface area contributed by atoms with Gasteiger partial charge in [0.05, 0.1) is 0 Å². The van der Waals surface area contributed by atoms with Crippen molar-refractivity contribution in [1.82, 2.24) is 5.32 Å². The number of esters is 1. The van der Waals surface area contributed by atoms with Gasteiger partial charge in [0.2, 0.25) is 6.79 Å². The molecule has 0 spiro atoms. The highest BCUT2D eigenvalue weighted by Gasteiger charge is 2.14. The van der Waals surface area contributed by atoms with Crippen LogP contribution in [0.1, 0.15) is 5.56 Å². The number of para-hydroxylation sites is 1. The summed E-state index contributed by atoms with van der Waals surface area (Å²) in [6.45, 7) is -0.195. The van der Waals surface area contributed by atoms with Crippen molar-refractivity contribution in [3.05, 3.63) is 78.4 Å². The summed E-state index contributed by atoms with van der Waals surface area (Å²) in [5, 5.41) is 2.70. The van der Waals surface area contributed by atoms with Gasteiger partial charge in [0.15, 0.2) is 24.7 Å². The van der Waals surface area contributed by atoms with Crippen LogP contribution < -0.4 is 19.5 Å². The normalized spacial score (nSPS) is 11.6. The molecule has 0 fully saturated rings. The van der Waals surface area contributed by atoms with Gasteiger partial charge in [-0.25, -0.2) is 4.79 Å². The van der Waals surface area contributed by atoms with Crippen molar-refractivity contribution in [2.45, 2.75) is 6.54 Å². The molecule has 0 bridgehead atoms. The molecule has 0 unspecified atom stereocenters. The second-order valence-electron chi connectivity index (χ2n) is 6.78. The minimum Gasteiger partial charge on any atom is -0.481 e. The van der Waals surface area contributed by atoms with Crippen molar-refractivity contribution >= 4 is 11.9 Å². The molecule has 1 heterocycles. The molecule has 7 heteroatoms. The molecular formula is C24H21NO6. The fraction of sp³-hybridized carbons (Fsp3) is 0.167. The molecule has 0 saturated heterocycles. The van der Waals surface area contributed by atoms with E-state index < -0.39 is 11.9 Å². The minimum atomic E-state index is -0.624. The fourth-order valence-corrected chi connectivity index (χ4v) is 3.08. The summed E-state index contributed by atoms with van der Waals surface area (Å²) in [5.41, 5.74) is 2.71. The lowest BCUT2D eigenvalue weighted by atomic mass is 10.1. The van der Waals surface area contributed by atoms with Crippen LogP contribution in [0.25, 0.3) is 11.1 Å². The first-order chi connectivity index (χ1) is 15.2. The largest absolute Gasteiger partial charge is 0.481 e. The van der Waals surface area contributed by atoms with Gasteiger partial charge in [0.25, 0.3) is 5.91 Å². The van der Waals surface area contributed by atoms with Crippen molar-refractivity contribution in [1.29, 1.82) is 0 Å². The number of fused-ring (bicyclic) bond motifs is 1. The summed E-state index contributed by atoms with van der Waals surface area (Å²) in [7, 11) is 0. The number of hydrogen-bond donors (Lipinski definition) is 1. The molecule has 1 amide bonds. The van der Waals surface area contributed by atoms with E-state index in [1.165, 1.54) is 0 Å². The van der Waals surface area contributed by atoms with E-state index in [1.54, 1.807) is 18.2 Å². The van der Waals surface area contributed by atoms with Gasteiger partial charge in [-0.1, -0.05) is 54.6 Å². The van der Waals surface area contributed by atoms with Crippen LogP contribution in [0.4, 0.5) is 0 Å². The summed E-state index contributed by atoms with van der Waals surface area (Å²) in [5.74, 6) is 0.860. The first kappa shape index (κ1) is 20.3. The highest BCUT2D eigenvalue weighted by Crippen LogP contribution is 2.32. The van der Waals surface area contributed by atoms with Crippen LogP contribution in [0.2, 0.25) is 0 Å². The molecule has 1 aliphatic heterocycles. The maximum absolute atomic E-state index is 12.0. The Hall–Kier alpha value is -4.00. The third-order valence-corrected chi connectivity index (χ3v) is 4.61. The molecule has 0 atom stereocenters. The highest BCUT2D eigenvalue weighted by molar-refractivity contribution is 5.81. The van der Waals surface area contributed by atoms with Gasteiger partial charge in [0, 0.05) is 12.1 Å². The summed E-state index contributed by atoms with van der Waals surface area (Å²) in [4.78, 5) is 24.0. The van der Waals surface area contributed by atoms with Gasteiger partial charge in [-0.3, -0.25) is 4.79 Å². The summed E-state index contributed by atoms with van der Waals surface area (Å²) in [6.07, 6.45) is 0. The van der Waals surface area contributed by atoms with E-state index in [2.05, 4.69) is 5.32 Å². The van der Waals surface area contributed by atoms with Crippen LogP contribution in [0, 0.1) is 0 Å². The Morgan fingerprint density at radius 1 is 0.871 bits per heavy atom. The number of benzene rings is 3. The molecule has 158 valence electrons. The predicted octanol–water partition coefficient (Wildman–Crippen LogP) is 3.32. The molecule has 0 radical (unpaired) electrons. The van der Waals surface area contributed by atoms with Crippen molar-refractivity contribution in [2.24, 2.45) is 0 Å². The topological polar surface area (TPSA) is 83.1 Å². The number of rotatable bonds is 8. The van der Waals surface area contributed by atoms with Gasteiger partial charge in [0.1, 0.15) is 5.75 Å². The van der Waals surface area contributed by atoms with E-state index in [-0.39, 0.29) is 26.6 Å². The zero-order valence-electron chi connectivity index (χ0n) is 16.7. The lowest BCUT2D eigenvalue weighted by Crippen LogP contribution is -2.29. The monoisotopic (exact) mass is 419 g/mol. The van der Waals surface area contributed by atoms with Crippen LogP contribution in [0.3, 0.4) is 0 Å². The maximum Gasteiger partial charge on any atom is 0.344 e. The molecule has 4 rings (SSSR count). The van der Waals surface area contributed by atoms with Crippen molar-refractivity contribution < 1.29 is 28.5 Å². The minimum absolute atomic E-state index is 0.193. The number of ether oxygens (including phenoxy) is 4. The molecule has 31 heavy (non-hydrogen) atoms. The summed E-state index contributed by atoms with van der Waals surface area (Å²) < 4.78 is 21.2. The molecule has 3 aromatic carbocycles. The summed E-state index contributed by atoms with van der Waals surface area (Å²) >= 11 is 0. The standard InChI is InChI=1S/C24H21NO6/c26-23(25-13-17-10-11-21-22(12-17)31-16-30-21)14-29-24(27)15-28-20-9-5-4-8-19(20)18-6-2-1-3-7-18/h1-12H,13-16H2,(H,25,26). The number of carbonyl (C=O) groups excluding carboxylic acids is 2. The lowest BCUT2D eigenvalue weighted by Gasteiger charge is -2.11. The van der Waals surface area contributed by atoms with Gasteiger partial charge in [-0.15, -0.1) is 0 Å². The zero-order valence-corrected chi connectivity index (χ0v) is 16.7. The molecule has 0 saturated carbocycles. The number of hydrogen-bond acceptors (Lipinski definition) is 6. The van der Waals surface area contributed by atoms with E-state index in [1.807, 2.05) is 54.6 Å². The lowest BCUT2D eigenvalue weighted by molar-refractivity contribution is -0.150. The van der Waals surface area contributed by atoms with Crippen LogP contribution in [-0.4, -0.2) is 31.9 Å². The third-order valence-electron chi connectivity index (χ3n) is 4.61.